The molecule has 1 amide bonds. The number of aryl methyl sites for hydroxylation is 1. The lowest BCUT2D eigenvalue weighted by Crippen LogP contribution is -2.27. The molecule has 3 aromatic rings. The molecule has 2 N–H and O–H groups in total. The van der Waals surface area contributed by atoms with Crippen molar-refractivity contribution in [3.05, 3.63) is 77.6 Å². The first-order valence-electron chi connectivity index (χ1n) is 11.4. The Morgan fingerprint density at radius 1 is 1.06 bits per heavy atom. The highest BCUT2D eigenvalue weighted by Crippen LogP contribution is 2.39. The van der Waals surface area contributed by atoms with Crippen LogP contribution in [0.2, 0.25) is 0 Å². The number of allylic oxidation sites excluding steroid dienone is 1. The van der Waals surface area contributed by atoms with E-state index in [0.29, 0.717) is 12.3 Å². The van der Waals surface area contributed by atoms with Gasteiger partial charge in [-0.05, 0) is 50.3 Å². The van der Waals surface area contributed by atoms with Crippen molar-refractivity contribution < 1.29 is 14.3 Å². The number of carbonyl (C=O) groups excluding carboxylic acids is 1. The van der Waals surface area contributed by atoms with Crippen LogP contribution in [0.3, 0.4) is 0 Å². The van der Waals surface area contributed by atoms with Gasteiger partial charge in [-0.25, -0.2) is 4.98 Å². The normalized spacial score (nSPS) is 20.4. The molecule has 2 aromatic heterocycles. The van der Waals surface area contributed by atoms with E-state index in [9.17, 15) is 4.79 Å². The molecule has 1 aliphatic carbocycles. The summed E-state index contributed by atoms with van der Waals surface area (Å²) in [5, 5.41) is 0. The highest BCUT2D eigenvalue weighted by atomic mass is 16.7. The van der Waals surface area contributed by atoms with E-state index in [4.69, 9.17) is 25.2 Å². The van der Waals surface area contributed by atoms with E-state index < -0.39 is 0 Å². The highest BCUT2D eigenvalue weighted by molar-refractivity contribution is 5.76. The predicted molar refractivity (Wildman–Crippen MR) is 124 cm³/mol. The van der Waals surface area contributed by atoms with E-state index in [1.54, 1.807) is 0 Å². The van der Waals surface area contributed by atoms with Gasteiger partial charge in [-0.1, -0.05) is 36.4 Å². The Morgan fingerprint density at radius 2 is 1.85 bits per heavy atom. The van der Waals surface area contributed by atoms with Crippen molar-refractivity contribution in [3.63, 3.8) is 0 Å². The third-order valence-electron chi connectivity index (χ3n) is 6.51. The molecule has 0 atom stereocenters. The molecule has 33 heavy (non-hydrogen) atoms. The van der Waals surface area contributed by atoms with E-state index in [1.807, 2.05) is 49.5 Å². The molecule has 1 aromatic carbocycles. The zero-order valence-electron chi connectivity index (χ0n) is 18.7. The molecule has 1 fully saturated rings. The molecule has 0 unspecified atom stereocenters. The smallest absolute Gasteiger partial charge is 0.242 e. The lowest BCUT2D eigenvalue weighted by Gasteiger charge is -2.27. The standard InChI is InChI=1S/C26H28N4O3/c1-17-6-5-9-21(29-17)22-15-28-25(20-12-10-19(11-13-20)24(27)31)30(22)26-23(32-16-33-26)14-18-7-3-2-4-8-18/h2-9,15,19-20H,10-14,16H2,1H3,(H2,27,31). The van der Waals surface area contributed by atoms with Crippen LogP contribution in [0.25, 0.3) is 17.3 Å². The van der Waals surface area contributed by atoms with Crippen LogP contribution in [0.15, 0.2) is 60.5 Å². The van der Waals surface area contributed by atoms with Crippen LogP contribution < -0.4 is 5.73 Å². The van der Waals surface area contributed by atoms with E-state index in [0.717, 1.165) is 59.9 Å². The number of hydrogen-bond acceptors (Lipinski definition) is 5. The minimum absolute atomic E-state index is 0.0542. The van der Waals surface area contributed by atoms with Gasteiger partial charge in [-0.3, -0.25) is 14.3 Å². The Bertz CT molecular complexity index is 1180. The molecule has 3 heterocycles. The van der Waals surface area contributed by atoms with Crippen LogP contribution in [-0.4, -0.2) is 27.2 Å². The zero-order valence-corrected chi connectivity index (χ0v) is 18.7. The number of imidazole rings is 1. The van der Waals surface area contributed by atoms with E-state index in [2.05, 4.69) is 16.7 Å². The fourth-order valence-corrected chi connectivity index (χ4v) is 4.77. The second-order valence-corrected chi connectivity index (χ2v) is 8.75. The maximum atomic E-state index is 11.7. The van der Waals surface area contributed by atoms with Crippen molar-refractivity contribution in [1.82, 2.24) is 14.5 Å². The SMILES string of the molecule is Cc1cccc(-c2cnc(C3CCC(C(N)=O)CC3)n2C2=C(Cc3ccccc3)OCO2)n1. The van der Waals surface area contributed by atoms with Gasteiger partial charge < -0.3 is 15.2 Å². The summed E-state index contributed by atoms with van der Waals surface area (Å²) in [6.07, 6.45) is 5.76. The fraction of sp³-hybridized carbons (Fsp3) is 0.346. The van der Waals surface area contributed by atoms with Gasteiger partial charge in [0.2, 0.25) is 18.6 Å². The van der Waals surface area contributed by atoms with Crippen LogP contribution in [0.4, 0.5) is 0 Å². The number of nitrogens with two attached hydrogens (primary N) is 1. The van der Waals surface area contributed by atoms with Gasteiger partial charge in [0.15, 0.2) is 5.76 Å². The third-order valence-corrected chi connectivity index (χ3v) is 6.51. The molecule has 0 bridgehead atoms. The maximum absolute atomic E-state index is 11.7. The average Bonchev–Trinajstić information content (AvgIpc) is 3.46. The second-order valence-electron chi connectivity index (χ2n) is 8.75. The number of carbonyl (C=O) groups is 1. The minimum atomic E-state index is -0.207. The lowest BCUT2D eigenvalue weighted by atomic mass is 9.81. The number of primary amides is 1. The highest BCUT2D eigenvalue weighted by Gasteiger charge is 2.32. The summed E-state index contributed by atoms with van der Waals surface area (Å²) in [6, 6.07) is 16.2. The first kappa shape index (κ1) is 21.2. The molecular formula is C26H28N4O3. The molecule has 5 rings (SSSR count). The van der Waals surface area contributed by atoms with Crippen LogP contribution in [0.1, 0.15) is 48.7 Å². The second kappa shape index (κ2) is 9.10. The van der Waals surface area contributed by atoms with Crippen LogP contribution >= 0.6 is 0 Å². The summed E-state index contributed by atoms with van der Waals surface area (Å²) < 4.78 is 14.0. The Labute approximate surface area is 193 Å². The number of benzene rings is 1. The molecule has 2 aliphatic rings. The van der Waals surface area contributed by atoms with Crippen LogP contribution in [-0.2, 0) is 20.7 Å². The molecule has 0 saturated heterocycles. The Hall–Kier alpha value is -3.61. The van der Waals surface area contributed by atoms with Crippen molar-refractivity contribution in [2.75, 3.05) is 6.79 Å². The van der Waals surface area contributed by atoms with Gasteiger partial charge in [0.05, 0.1) is 17.6 Å². The monoisotopic (exact) mass is 444 g/mol. The van der Waals surface area contributed by atoms with Gasteiger partial charge in [-0.2, -0.15) is 0 Å². The molecule has 1 saturated carbocycles. The van der Waals surface area contributed by atoms with Gasteiger partial charge in [-0.15, -0.1) is 0 Å². The summed E-state index contributed by atoms with van der Waals surface area (Å²) in [7, 11) is 0. The zero-order chi connectivity index (χ0) is 22.8. The Balaban J connectivity index is 1.57. The molecule has 1 aliphatic heterocycles. The summed E-state index contributed by atoms with van der Waals surface area (Å²) >= 11 is 0. The van der Waals surface area contributed by atoms with Gasteiger partial charge in [0.1, 0.15) is 5.82 Å². The number of ether oxygens (including phenoxy) is 2. The third kappa shape index (κ3) is 4.35. The van der Waals surface area contributed by atoms with E-state index >= 15 is 0 Å². The summed E-state index contributed by atoms with van der Waals surface area (Å²) in [5.41, 5.74) is 9.34. The number of aromatic nitrogens is 3. The predicted octanol–water partition coefficient (Wildman–Crippen LogP) is 4.39. The summed E-state index contributed by atoms with van der Waals surface area (Å²) in [6.45, 7) is 2.15. The Morgan fingerprint density at radius 3 is 2.58 bits per heavy atom. The number of amides is 1. The summed E-state index contributed by atoms with van der Waals surface area (Å²) in [5.74, 6) is 2.31. The van der Waals surface area contributed by atoms with Gasteiger partial charge >= 0.3 is 0 Å². The summed E-state index contributed by atoms with van der Waals surface area (Å²) in [4.78, 5) is 21.2. The largest absolute Gasteiger partial charge is 0.456 e. The molecule has 0 spiro atoms. The van der Waals surface area contributed by atoms with Crippen molar-refractivity contribution >= 4 is 11.8 Å². The fourth-order valence-electron chi connectivity index (χ4n) is 4.77. The first-order chi connectivity index (χ1) is 16.1. The minimum Gasteiger partial charge on any atom is -0.456 e. The van der Waals surface area contributed by atoms with Crippen molar-refractivity contribution in [1.29, 1.82) is 0 Å². The van der Waals surface area contributed by atoms with Crippen molar-refractivity contribution in [2.24, 2.45) is 11.7 Å². The van der Waals surface area contributed by atoms with Crippen molar-refractivity contribution in [2.45, 2.75) is 44.9 Å². The lowest BCUT2D eigenvalue weighted by molar-refractivity contribution is -0.122. The van der Waals surface area contributed by atoms with Gasteiger partial charge in [0, 0.05) is 24.0 Å². The molecule has 7 heteroatoms. The van der Waals surface area contributed by atoms with Gasteiger partial charge in [0.25, 0.3) is 0 Å². The van der Waals surface area contributed by atoms with Crippen LogP contribution in [0.5, 0.6) is 0 Å². The maximum Gasteiger partial charge on any atom is 0.242 e. The molecule has 7 nitrogen and oxygen atoms in total. The quantitative estimate of drug-likeness (QED) is 0.609. The molecular weight excluding hydrogens is 416 g/mol. The average molecular weight is 445 g/mol. The number of pyridine rings is 1. The molecule has 0 radical (unpaired) electrons. The number of nitrogens with zero attached hydrogens (tertiary/aromatic N) is 3. The van der Waals surface area contributed by atoms with Crippen molar-refractivity contribution in [3.8, 4) is 11.4 Å². The number of rotatable bonds is 6. The number of hydrogen-bond donors (Lipinski definition) is 1. The van der Waals surface area contributed by atoms with E-state index in [-0.39, 0.29) is 24.5 Å². The van der Waals surface area contributed by atoms with Crippen LogP contribution in [0, 0.1) is 12.8 Å². The Kier molecular flexibility index (Phi) is 5.86. The molecule has 170 valence electrons. The van der Waals surface area contributed by atoms with E-state index in [1.165, 1.54) is 0 Å². The topological polar surface area (TPSA) is 92.3 Å². The first-order valence-corrected chi connectivity index (χ1v) is 11.4.